The van der Waals surface area contributed by atoms with E-state index in [4.69, 9.17) is 22.1 Å². The summed E-state index contributed by atoms with van der Waals surface area (Å²) in [6.07, 6.45) is 4.59. The van der Waals surface area contributed by atoms with Gasteiger partial charge >= 0.3 is 0 Å². The van der Waals surface area contributed by atoms with Gasteiger partial charge in [0, 0.05) is 23.0 Å². The maximum absolute atomic E-state index is 13.9. The number of rotatable bonds is 6. The lowest BCUT2D eigenvalue weighted by Gasteiger charge is -2.36. The number of pyridine rings is 1. The maximum atomic E-state index is 13.9. The van der Waals surface area contributed by atoms with Crippen LogP contribution < -0.4 is 10.5 Å². The van der Waals surface area contributed by atoms with Crippen LogP contribution in [0.25, 0.3) is 0 Å². The van der Waals surface area contributed by atoms with Gasteiger partial charge in [0.25, 0.3) is 5.91 Å². The number of ether oxygens (including phenoxy) is 1. The van der Waals surface area contributed by atoms with Crippen molar-refractivity contribution in [2.75, 3.05) is 7.11 Å². The number of amides is 2. The van der Waals surface area contributed by atoms with Gasteiger partial charge in [0.05, 0.1) is 18.7 Å². The molecule has 6 nitrogen and oxygen atoms in total. The molecule has 0 spiro atoms. The van der Waals surface area contributed by atoms with Crippen LogP contribution in [0.3, 0.4) is 0 Å². The van der Waals surface area contributed by atoms with E-state index in [9.17, 15) is 9.59 Å². The van der Waals surface area contributed by atoms with Gasteiger partial charge in [-0.1, -0.05) is 35.9 Å². The summed E-state index contributed by atoms with van der Waals surface area (Å²) in [5, 5.41) is 0.576. The van der Waals surface area contributed by atoms with Crippen LogP contribution in [0, 0.1) is 0 Å². The summed E-state index contributed by atoms with van der Waals surface area (Å²) in [7, 11) is 1.51. The van der Waals surface area contributed by atoms with Crippen molar-refractivity contribution in [3.8, 4) is 5.75 Å². The van der Waals surface area contributed by atoms with Gasteiger partial charge in [-0.05, 0) is 54.3 Å². The largest absolute Gasteiger partial charge is 0.496 e. The summed E-state index contributed by atoms with van der Waals surface area (Å²) < 4.78 is 5.42. The lowest BCUT2D eigenvalue weighted by Crippen LogP contribution is -2.43. The number of benzene rings is 2. The first-order valence-corrected chi connectivity index (χ1v) is 10.3. The second kappa shape index (κ2) is 8.78. The number of halogens is 1. The Morgan fingerprint density at radius 3 is 2.71 bits per heavy atom. The summed E-state index contributed by atoms with van der Waals surface area (Å²) in [6.45, 7) is 0. The summed E-state index contributed by atoms with van der Waals surface area (Å²) in [5.41, 5.74) is 8.78. The standard InChI is InChI=1S/C24H22ClN3O3/c1-31-21-7-3-2-6-18(21)24(30)28(22(23(26)29)16-5-4-12-27-14-16)20-11-9-15-8-10-17(25)13-19(15)20/h2-8,10,12-14,20,22H,9,11H2,1H3,(H2,26,29)/t20-,22?/m1/s1. The fraction of sp³-hybridized carbons (Fsp3) is 0.208. The van der Waals surface area contributed by atoms with Crippen molar-refractivity contribution >= 4 is 23.4 Å². The first-order chi connectivity index (χ1) is 15.0. The van der Waals surface area contributed by atoms with Gasteiger partial charge in [-0.15, -0.1) is 0 Å². The number of nitrogens with zero attached hydrogens (tertiary/aromatic N) is 2. The van der Waals surface area contributed by atoms with E-state index in [1.54, 1.807) is 53.7 Å². The van der Waals surface area contributed by atoms with Crippen molar-refractivity contribution in [3.63, 3.8) is 0 Å². The predicted octanol–water partition coefficient (Wildman–Crippen LogP) is 4.10. The smallest absolute Gasteiger partial charge is 0.259 e. The Morgan fingerprint density at radius 2 is 2.00 bits per heavy atom. The molecule has 0 saturated heterocycles. The number of aryl methyl sites for hydroxylation is 1. The minimum Gasteiger partial charge on any atom is -0.496 e. The van der Waals surface area contributed by atoms with E-state index in [1.165, 1.54) is 7.11 Å². The average molecular weight is 436 g/mol. The molecule has 4 rings (SSSR count). The molecule has 1 aliphatic carbocycles. The highest BCUT2D eigenvalue weighted by atomic mass is 35.5. The molecule has 1 aliphatic rings. The molecule has 7 heteroatoms. The Hall–Kier alpha value is -3.38. The highest BCUT2D eigenvalue weighted by molar-refractivity contribution is 6.30. The molecule has 0 radical (unpaired) electrons. The summed E-state index contributed by atoms with van der Waals surface area (Å²) >= 11 is 6.27. The molecule has 31 heavy (non-hydrogen) atoms. The molecule has 2 amide bonds. The average Bonchev–Trinajstić information content (AvgIpc) is 3.19. The number of primary amides is 1. The second-order valence-corrected chi connectivity index (χ2v) is 7.84. The zero-order valence-electron chi connectivity index (χ0n) is 17.0. The molecule has 2 atom stereocenters. The van der Waals surface area contributed by atoms with Crippen molar-refractivity contribution in [1.82, 2.24) is 9.88 Å². The molecule has 2 aromatic carbocycles. The van der Waals surface area contributed by atoms with E-state index >= 15 is 0 Å². The first-order valence-electron chi connectivity index (χ1n) is 9.94. The number of nitrogens with two attached hydrogens (primary N) is 1. The number of hydrogen-bond donors (Lipinski definition) is 1. The fourth-order valence-electron chi connectivity index (χ4n) is 4.24. The van der Waals surface area contributed by atoms with Gasteiger partial charge < -0.3 is 15.4 Å². The minimum atomic E-state index is -0.999. The van der Waals surface area contributed by atoms with E-state index in [0.717, 1.165) is 17.5 Å². The summed E-state index contributed by atoms with van der Waals surface area (Å²) in [6, 6.07) is 14.7. The van der Waals surface area contributed by atoms with Gasteiger partial charge in [0.15, 0.2) is 0 Å². The van der Waals surface area contributed by atoms with E-state index < -0.39 is 11.9 Å². The molecule has 0 saturated carbocycles. The maximum Gasteiger partial charge on any atom is 0.259 e. The molecule has 0 fully saturated rings. The Bertz CT molecular complexity index is 1120. The van der Waals surface area contributed by atoms with Crippen molar-refractivity contribution in [2.45, 2.75) is 24.9 Å². The molecule has 1 aromatic heterocycles. The van der Waals surface area contributed by atoms with Gasteiger partial charge in [-0.25, -0.2) is 0 Å². The van der Waals surface area contributed by atoms with Crippen LogP contribution in [-0.4, -0.2) is 28.8 Å². The third-order valence-electron chi connectivity index (χ3n) is 5.61. The normalized spacial score (nSPS) is 15.7. The number of hydrogen-bond acceptors (Lipinski definition) is 4. The number of methoxy groups -OCH3 is 1. The van der Waals surface area contributed by atoms with E-state index in [-0.39, 0.29) is 11.9 Å². The lowest BCUT2D eigenvalue weighted by atomic mass is 9.98. The SMILES string of the molecule is COc1ccccc1C(=O)N(C(C(N)=O)c1cccnc1)[C@@H]1CCc2ccc(Cl)cc21. The van der Waals surface area contributed by atoms with E-state index in [1.807, 2.05) is 18.2 Å². The molecule has 158 valence electrons. The molecule has 1 heterocycles. The molecule has 0 bridgehead atoms. The topological polar surface area (TPSA) is 85.5 Å². The minimum absolute atomic E-state index is 0.345. The van der Waals surface area contributed by atoms with E-state index in [0.29, 0.717) is 28.3 Å². The zero-order valence-corrected chi connectivity index (χ0v) is 17.8. The van der Waals surface area contributed by atoms with Gasteiger partial charge in [-0.2, -0.15) is 0 Å². The van der Waals surface area contributed by atoms with Crippen molar-refractivity contribution in [2.24, 2.45) is 5.73 Å². The first kappa shape index (κ1) is 20.9. The summed E-state index contributed by atoms with van der Waals surface area (Å²) in [4.78, 5) is 32.3. The van der Waals surface area contributed by atoms with Crippen LogP contribution in [-0.2, 0) is 11.2 Å². The Balaban J connectivity index is 1.88. The Labute approximate surface area is 185 Å². The fourth-order valence-corrected chi connectivity index (χ4v) is 4.42. The van der Waals surface area contributed by atoms with Crippen LogP contribution in [0.15, 0.2) is 67.0 Å². The van der Waals surface area contributed by atoms with Gasteiger partial charge in [0.1, 0.15) is 11.8 Å². The number of aromatic nitrogens is 1. The van der Waals surface area contributed by atoms with E-state index in [2.05, 4.69) is 4.98 Å². The van der Waals surface area contributed by atoms with Crippen molar-refractivity contribution in [1.29, 1.82) is 0 Å². The van der Waals surface area contributed by atoms with Crippen LogP contribution in [0.2, 0.25) is 5.02 Å². The highest BCUT2D eigenvalue weighted by Gasteiger charge is 2.40. The number of para-hydroxylation sites is 1. The predicted molar refractivity (Wildman–Crippen MR) is 118 cm³/mol. The quantitative estimate of drug-likeness (QED) is 0.631. The zero-order chi connectivity index (χ0) is 22.0. The van der Waals surface area contributed by atoms with Crippen LogP contribution in [0.4, 0.5) is 0 Å². The van der Waals surface area contributed by atoms with Gasteiger partial charge in [-0.3, -0.25) is 14.6 Å². The Kier molecular flexibility index (Phi) is 5.91. The molecule has 1 unspecified atom stereocenters. The van der Waals surface area contributed by atoms with Crippen LogP contribution in [0.5, 0.6) is 5.75 Å². The Morgan fingerprint density at radius 1 is 1.19 bits per heavy atom. The molecule has 2 N–H and O–H groups in total. The molecular formula is C24H22ClN3O3. The number of carbonyl (C=O) groups is 2. The third kappa shape index (κ3) is 3.99. The molecule has 0 aliphatic heterocycles. The van der Waals surface area contributed by atoms with Crippen molar-refractivity contribution < 1.29 is 14.3 Å². The molecular weight excluding hydrogens is 414 g/mol. The van der Waals surface area contributed by atoms with Crippen molar-refractivity contribution in [3.05, 3.63) is 94.3 Å². The lowest BCUT2D eigenvalue weighted by molar-refractivity contribution is -0.123. The summed E-state index contributed by atoms with van der Waals surface area (Å²) in [5.74, 6) is -0.550. The van der Waals surface area contributed by atoms with Gasteiger partial charge in [0.2, 0.25) is 5.91 Å². The third-order valence-corrected chi connectivity index (χ3v) is 5.84. The number of fused-ring (bicyclic) bond motifs is 1. The monoisotopic (exact) mass is 435 g/mol. The second-order valence-electron chi connectivity index (χ2n) is 7.40. The highest BCUT2D eigenvalue weighted by Crippen LogP contribution is 2.42. The van der Waals surface area contributed by atoms with Crippen LogP contribution in [0.1, 0.15) is 45.6 Å². The number of carbonyl (C=O) groups excluding carboxylic acids is 2. The van der Waals surface area contributed by atoms with Crippen LogP contribution >= 0.6 is 11.6 Å². The molecule has 3 aromatic rings.